The summed E-state index contributed by atoms with van der Waals surface area (Å²) in [6.45, 7) is 6.07. The lowest BCUT2D eigenvalue weighted by Gasteiger charge is -2.34. The molecule has 3 rings (SSSR count). The zero-order chi connectivity index (χ0) is 16.1. The highest BCUT2D eigenvalue weighted by Gasteiger charge is 2.31. The Labute approximate surface area is 138 Å². The van der Waals surface area contributed by atoms with Crippen molar-refractivity contribution in [1.82, 2.24) is 19.9 Å². The van der Waals surface area contributed by atoms with Crippen LogP contribution in [0.25, 0.3) is 0 Å². The van der Waals surface area contributed by atoms with Gasteiger partial charge in [-0.15, -0.1) is 0 Å². The molecule has 1 aromatic rings. The van der Waals surface area contributed by atoms with E-state index in [1.807, 2.05) is 11.8 Å². The minimum atomic E-state index is -0.0209. The molecule has 1 aromatic heterocycles. The van der Waals surface area contributed by atoms with E-state index < -0.39 is 0 Å². The van der Waals surface area contributed by atoms with Gasteiger partial charge in [0.1, 0.15) is 6.04 Å². The van der Waals surface area contributed by atoms with Crippen LogP contribution in [0.1, 0.15) is 69.1 Å². The third kappa shape index (κ3) is 4.31. The lowest BCUT2D eigenvalue weighted by atomic mass is 10.0. The topological polar surface area (TPSA) is 62.5 Å². The van der Waals surface area contributed by atoms with E-state index in [1.165, 1.54) is 32.4 Å². The SMILES string of the molecule is Cc1noc([C@H]2CCCCN2C(=O)CCCN2CCCCC2)n1. The van der Waals surface area contributed by atoms with Crippen LogP contribution in [-0.4, -0.2) is 52.0 Å². The van der Waals surface area contributed by atoms with Crippen LogP contribution in [0, 0.1) is 6.92 Å². The van der Waals surface area contributed by atoms with Gasteiger partial charge >= 0.3 is 0 Å². The molecular formula is C17H28N4O2. The van der Waals surface area contributed by atoms with E-state index in [0.717, 1.165) is 38.8 Å². The maximum Gasteiger partial charge on any atom is 0.249 e. The van der Waals surface area contributed by atoms with Gasteiger partial charge in [-0.2, -0.15) is 4.98 Å². The van der Waals surface area contributed by atoms with Gasteiger partial charge in [0.2, 0.25) is 11.8 Å². The lowest BCUT2D eigenvalue weighted by molar-refractivity contribution is -0.135. The number of aromatic nitrogens is 2. The molecule has 0 saturated carbocycles. The fourth-order valence-corrected chi connectivity index (χ4v) is 3.72. The first-order valence-electron chi connectivity index (χ1n) is 9.06. The Bertz CT molecular complexity index is 510. The Morgan fingerprint density at radius 2 is 1.96 bits per heavy atom. The highest BCUT2D eigenvalue weighted by atomic mass is 16.5. The van der Waals surface area contributed by atoms with Crippen molar-refractivity contribution in [3.63, 3.8) is 0 Å². The molecule has 2 aliphatic heterocycles. The molecular weight excluding hydrogens is 292 g/mol. The number of carbonyl (C=O) groups is 1. The second-order valence-corrected chi connectivity index (χ2v) is 6.78. The summed E-state index contributed by atoms with van der Waals surface area (Å²) < 4.78 is 5.32. The van der Waals surface area contributed by atoms with E-state index in [9.17, 15) is 4.79 Å². The summed E-state index contributed by atoms with van der Waals surface area (Å²) >= 11 is 0. The Balaban J connectivity index is 1.51. The van der Waals surface area contributed by atoms with Crippen LogP contribution in [0.4, 0.5) is 0 Å². The van der Waals surface area contributed by atoms with Crippen LogP contribution < -0.4 is 0 Å². The predicted molar refractivity (Wildman–Crippen MR) is 86.9 cm³/mol. The van der Waals surface area contributed by atoms with E-state index in [-0.39, 0.29) is 11.9 Å². The average molecular weight is 320 g/mol. The molecule has 3 heterocycles. The predicted octanol–water partition coefficient (Wildman–Crippen LogP) is 2.70. The summed E-state index contributed by atoms with van der Waals surface area (Å²) in [6, 6.07) is -0.0209. The van der Waals surface area contributed by atoms with E-state index in [4.69, 9.17) is 4.52 Å². The third-order valence-electron chi connectivity index (χ3n) is 4.97. The van der Waals surface area contributed by atoms with Crippen molar-refractivity contribution in [3.05, 3.63) is 11.7 Å². The molecule has 0 unspecified atom stereocenters. The molecule has 23 heavy (non-hydrogen) atoms. The molecule has 2 saturated heterocycles. The van der Waals surface area contributed by atoms with Gasteiger partial charge in [-0.1, -0.05) is 11.6 Å². The minimum Gasteiger partial charge on any atom is -0.337 e. The standard InChI is InChI=1S/C17H28N4O2/c1-14-18-17(23-19-14)15-8-3-6-13-21(15)16(22)9-7-12-20-10-4-2-5-11-20/h15H,2-13H2,1H3/t15-/m1/s1. The summed E-state index contributed by atoms with van der Waals surface area (Å²) in [5.74, 6) is 1.48. The number of nitrogens with zero attached hydrogens (tertiary/aromatic N) is 4. The summed E-state index contributed by atoms with van der Waals surface area (Å²) in [5, 5.41) is 3.88. The van der Waals surface area contributed by atoms with Crippen molar-refractivity contribution >= 4 is 5.91 Å². The maximum atomic E-state index is 12.6. The number of piperidine rings is 2. The molecule has 128 valence electrons. The molecule has 6 heteroatoms. The highest BCUT2D eigenvalue weighted by Crippen LogP contribution is 2.30. The summed E-state index contributed by atoms with van der Waals surface area (Å²) in [6.07, 6.45) is 8.65. The third-order valence-corrected chi connectivity index (χ3v) is 4.97. The molecule has 0 spiro atoms. The van der Waals surface area contributed by atoms with Gasteiger partial charge in [0.25, 0.3) is 0 Å². The van der Waals surface area contributed by atoms with Gasteiger partial charge < -0.3 is 14.3 Å². The molecule has 1 amide bonds. The fraction of sp³-hybridized carbons (Fsp3) is 0.824. The van der Waals surface area contributed by atoms with E-state index >= 15 is 0 Å². The number of rotatable bonds is 5. The Morgan fingerprint density at radius 3 is 2.70 bits per heavy atom. The van der Waals surface area contributed by atoms with Gasteiger partial charge in [-0.3, -0.25) is 4.79 Å². The number of hydrogen-bond donors (Lipinski definition) is 0. The van der Waals surface area contributed by atoms with Crippen LogP contribution in [0.3, 0.4) is 0 Å². The van der Waals surface area contributed by atoms with Gasteiger partial charge in [0, 0.05) is 13.0 Å². The van der Waals surface area contributed by atoms with E-state index in [0.29, 0.717) is 18.1 Å². The summed E-state index contributed by atoms with van der Waals surface area (Å²) in [4.78, 5) is 21.4. The normalized spacial score (nSPS) is 23.2. The summed E-state index contributed by atoms with van der Waals surface area (Å²) in [5.41, 5.74) is 0. The van der Waals surface area contributed by atoms with Crippen LogP contribution in [0.2, 0.25) is 0 Å². The number of amides is 1. The van der Waals surface area contributed by atoms with Crippen LogP contribution in [0.5, 0.6) is 0 Å². The van der Waals surface area contributed by atoms with Gasteiger partial charge in [0.05, 0.1) is 0 Å². The van der Waals surface area contributed by atoms with E-state index in [1.54, 1.807) is 0 Å². The van der Waals surface area contributed by atoms with E-state index in [2.05, 4.69) is 15.0 Å². The lowest BCUT2D eigenvalue weighted by Crippen LogP contribution is -2.39. The molecule has 0 bridgehead atoms. The van der Waals surface area contributed by atoms with Crippen molar-refractivity contribution in [2.45, 2.75) is 64.3 Å². The van der Waals surface area contributed by atoms with Crippen molar-refractivity contribution in [2.75, 3.05) is 26.2 Å². The van der Waals surface area contributed by atoms with Crippen LogP contribution in [0.15, 0.2) is 4.52 Å². The molecule has 0 radical (unpaired) electrons. The van der Waals surface area contributed by atoms with Crippen LogP contribution in [-0.2, 0) is 4.79 Å². The monoisotopic (exact) mass is 320 g/mol. The quantitative estimate of drug-likeness (QED) is 0.834. The smallest absolute Gasteiger partial charge is 0.249 e. The van der Waals surface area contributed by atoms with Crippen LogP contribution >= 0.6 is 0 Å². The molecule has 0 aliphatic carbocycles. The number of aryl methyl sites for hydroxylation is 1. The maximum absolute atomic E-state index is 12.6. The van der Waals surface area contributed by atoms with Crippen molar-refractivity contribution < 1.29 is 9.32 Å². The molecule has 1 atom stereocenters. The van der Waals surface area contributed by atoms with Gasteiger partial charge in [-0.25, -0.2) is 0 Å². The minimum absolute atomic E-state index is 0.0209. The first-order valence-corrected chi connectivity index (χ1v) is 9.06. The van der Waals surface area contributed by atoms with Crippen molar-refractivity contribution in [3.8, 4) is 0 Å². The summed E-state index contributed by atoms with van der Waals surface area (Å²) in [7, 11) is 0. The molecule has 0 N–H and O–H groups in total. The zero-order valence-corrected chi connectivity index (χ0v) is 14.2. The number of hydrogen-bond acceptors (Lipinski definition) is 5. The Hall–Kier alpha value is -1.43. The zero-order valence-electron chi connectivity index (χ0n) is 14.2. The van der Waals surface area contributed by atoms with Crippen molar-refractivity contribution in [1.29, 1.82) is 0 Å². The molecule has 0 aromatic carbocycles. The van der Waals surface area contributed by atoms with Gasteiger partial charge in [-0.05, 0) is 65.1 Å². The fourth-order valence-electron chi connectivity index (χ4n) is 3.72. The first kappa shape index (κ1) is 16.4. The second kappa shape index (κ2) is 7.90. The second-order valence-electron chi connectivity index (χ2n) is 6.78. The first-order chi connectivity index (χ1) is 11.2. The van der Waals surface area contributed by atoms with Gasteiger partial charge in [0.15, 0.2) is 5.82 Å². The molecule has 6 nitrogen and oxygen atoms in total. The molecule has 2 aliphatic rings. The largest absolute Gasteiger partial charge is 0.337 e. The highest BCUT2D eigenvalue weighted by molar-refractivity contribution is 5.76. The van der Waals surface area contributed by atoms with Crippen molar-refractivity contribution in [2.24, 2.45) is 0 Å². The average Bonchev–Trinajstić information content (AvgIpc) is 3.02. The Morgan fingerprint density at radius 1 is 1.17 bits per heavy atom. The number of likely N-dealkylation sites (tertiary alicyclic amines) is 2. The Kier molecular flexibility index (Phi) is 5.65. The number of carbonyl (C=O) groups excluding carboxylic acids is 1. The molecule has 2 fully saturated rings.